The van der Waals surface area contributed by atoms with Crippen LogP contribution in [0.25, 0.3) is 0 Å². The van der Waals surface area contributed by atoms with Gasteiger partial charge in [-0.2, -0.15) is 4.98 Å². The number of para-hydroxylation sites is 2. The van der Waals surface area contributed by atoms with Crippen molar-refractivity contribution < 1.29 is 19.0 Å². The van der Waals surface area contributed by atoms with E-state index >= 15 is 0 Å². The molecule has 2 N–H and O–H groups in total. The van der Waals surface area contributed by atoms with Crippen LogP contribution >= 0.6 is 0 Å². The predicted octanol–water partition coefficient (Wildman–Crippen LogP) is 1.96. The minimum Gasteiger partial charge on any atom is -0.450 e. The van der Waals surface area contributed by atoms with Crippen molar-refractivity contribution >= 4 is 11.5 Å². The molecule has 4 unspecified atom stereocenters. The van der Waals surface area contributed by atoms with Crippen LogP contribution in [0.3, 0.4) is 0 Å². The Morgan fingerprint density at radius 1 is 1.38 bits per heavy atom. The number of aliphatic hydroxyl groups excluding tert-OH is 1. The number of ether oxygens (including phenoxy) is 2. The van der Waals surface area contributed by atoms with Crippen LogP contribution in [0.5, 0.6) is 11.5 Å². The van der Waals surface area contributed by atoms with Crippen molar-refractivity contribution in [3.8, 4) is 11.5 Å². The number of aromatic nitrogens is 2. The summed E-state index contributed by atoms with van der Waals surface area (Å²) in [5.41, 5.74) is 0.0479. The number of hydrogen-bond acceptors (Lipinski definition) is 6. The van der Waals surface area contributed by atoms with E-state index in [9.17, 15) is 14.3 Å². The standard InChI is InChI=1S/C16H16FN3O4/c1-8-12(7-21)24-15(13(8)17)20-6-11-14(19-16(20)22)18-9-4-2-3-5-10(9)23-11/h2-6,8,12-13,15,21H,7H2,1H3,(H,18,19,22). The Bertz CT molecular complexity index is 840. The highest BCUT2D eigenvalue weighted by molar-refractivity contribution is 5.72. The van der Waals surface area contributed by atoms with Gasteiger partial charge in [0.25, 0.3) is 0 Å². The highest BCUT2D eigenvalue weighted by Crippen LogP contribution is 2.41. The Morgan fingerprint density at radius 2 is 2.17 bits per heavy atom. The van der Waals surface area contributed by atoms with Crippen molar-refractivity contribution in [1.29, 1.82) is 0 Å². The van der Waals surface area contributed by atoms with Gasteiger partial charge in [-0.15, -0.1) is 0 Å². The fourth-order valence-electron chi connectivity index (χ4n) is 2.97. The molecule has 1 aromatic heterocycles. The van der Waals surface area contributed by atoms with Gasteiger partial charge >= 0.3 is 5.69 Å². The molecule has 0 bridgehead atoms. The van der Waals surface area contributed by atoms with Crippen molar-refractivity contribution in [2.24, 2.45) is 5.92 Å². The third-order valence-electron chi connectivity index (χ3n) is 4.41. The molecular weight excluding hydrogens is 317 g/mol. The number of nitrogens with zero attached hydrogens (tertiary/aromatic N) is 2. The lowest BCUT2D eigenvalue weighted by atomic mass is 10.0. The summed E-state index contributed by atoms with van der Waals surface area (Å²) >= 11 is 0. The normalized spacial score (nSPS) is 27.8. The Kier molecular flexibility index (Phi) is 3.50. The van der Waals surface area contributed by atoms with Gasteiger partial charge in [0.1, 0.15) is 0 Å². The maximum atomic E-state index is 14.5. The summed E-state index contributed by atoms with van der Waals surface area (Å²) < 4.78 is 26.8. The first-order valence-corrected chi connectivity index (χ1v) is 7.66. The second-order valence-corrected chi connectivity index (χ2v) is 5.92. The molecule has 2 aliphatic rings. The van der Waals surface area contributed by atoms with Gasteiger partial charge in [0.2, 0.25) is 0 Å². The largest absolute Gasteiger partial charge is 0.450 e. The number of fused-ring (bicyclic) bond motifs is 2. The van der Waals surface area contributed by atoms with Gasteiger partial charge < -0.3 is 19.9 Å². The van der Waals surface area contributed by atoms with E-state index in [2.05, 4.69) is 10.3 Å². The zero-order valence-electron chi connectivity index (χ0n) is 12.8. The second-order valence-electron chi connectivity index (χ2n) is 5.92. The van der Waals surface area contributed by atoms with E-state index in [1.165, 1.54) is 6.20 Å². The van der Waals surface area contributed by atoms with Crippen LogP contribution in [0.15, 0.2) is 35.3 Å². The molecule has 8 heteroatoms. The van der Waals surface area contributed by atoms with E-state index in [-0.39, 0.29) is 12.4 Å². The Morgan fingerprint density at radius 3 is 2.92 bits per heavy atom. The maximum Gasteiger partial charge on any atom is 0.352 e. The number of nitrogens with one attached hydrogen (secondary N) is 1. The molecule has 0 amide bonds. The minimum atomic E-state index is -1.43. The second kappa shape index (κ2) is 5.57. The number of alkyl halides is 1. The first kappa shape index (κ1) is 15.1. The fraction of sp³-hybridized carbons (Fsp3) is 0.375. The first-order chi connectivity index (χ1) is 11.6. The Labute approximate surface area is 136 Å². The van der Waals surface area contributed by atoms with Crippen LogP contribution in [0.1, 0.15) is 13.2 Å². The molecule has 2 aliphatic heterocycles. The van der Waals surface area contributed by atoms with Gasteiger partial charge in [-0.3, -0.25) is 4.57 Å². The summed E-state index contributed by atoms with van der Waals surface area (Å²) in [6, 6.07) is 7.23. The number of hydrogen-bond donors (Lipinski definition) is 2. The minimum absolute atomic E-state index is 0.273. The van der Waals surface area contributed by atoms with Gasteiger partial charge in [-0.1, -0.05) is 19.1 Å². The van der Waals surface area contributed by atoms with Crippen LogP contribution in [-0.2, 0) is 4.74 Å². The number of aliphatic hydroxyl groups is 1. The third kappa shape index (κ3) is 2.26. The number of halogens is 1. The van der Waals surface area contributed by atoms with Gasteiger partial charge in [0.15, 0.2) is 29.7 Å². The predicted molar refractivity (Wildman–Crippen MR) is 83.4 cm³/mol. The summed E-state index contributed by atoms with van der Waals surface area (Å²) in [6.07, 6.45) is -1.84. The zero-order chi connectivity index (χ0) is 16.8. The summed E-state index contributed by atoms with van der Waals surface area (Å²) in [5, 5.41) is 12.3. The van der Waals surface area contributed by atoms with Crippen LogP contribution in [0.4, 0.5) is 15.9 Å². The molecule has 1 aromatic carbocycles. The quantitative estimate of drug-likeness (QED) is 0.746. The first-order valence-electron chi connectivity index (χ1n) is 7.66. The molecule has 2 aromatic rings. The molecule has 0 radical (unpaired) electrons. The number of anilines is 2. The molecule has 126 valence electrons. The monoisotopic (exact) mass is 333 g/mol. The highest BCUT2D eigenvalue weighted by Gasteiger charge is 2.43. The fourth-order valence-corrected chi connectivity index (χ4v) is 2.97. The lowest BCUT2D eigenvalue weighted by Crippen LogP contribution is -2.32. The molecular formula is C16H16FN3O4. The molecule has 4 rings (SSSR count). The summed E-state index contributed by atoms with van der Waals surface area (Å²) in [7, 11) is 0. The Hall–Kier alpha value is -2.45. The van der Waals surface area contributed by atoms with Crippen LogP contribution < -0.4 is 15.7 Å². The van der Waals surface area contributed by atoms with E-state index in [0.717, 1.165) is 4.57 Å². The van der Waals surface area contributed by atoms with E-state index in [1.54, 1.807) is 19.1 Å². The van der Waals surface area contributed by atoms with Crippen molar-refractivity contribution in [1.82, 2.24) is 9.55 Å². The van der Waals surface area contributed by atoms with Crippen LogP contribution in [0, 0.1) is 5.92 Å². The van der Waals surface area contributed by atoms with Crippen LogP contribution in [-0.4, -0.2) is 33.5 Å². The van der Waals surface area contributed by atoms with Crippen molar-refractivity contribution in [3.63, 3.8) is 0 Å². The number of rotatable bonds is 2. The smallest absolute Gasteiger partial charge is 0.352 e. The summed E-state index contributed by atoms with van der Waals surface area (Å²) in [5.74, 6) is 0.643. The van der Waals surface area contributed by atoms with E-state index in [1.807, 2.05) is 12.1 Å². The molecule has 1 fully saturated rings. The van der Waals surface area contributed by atoms with Crippen molar-refractivity contribution in [2.75, 3.05) is 11.9 Å². The molecule has 7 nitrogen and oxygen atoms in total. The molecule has 3 heterocycles. The topological polar surface area (TPSA) is 85.6 Å². The lowest BCUT2D eigenvalue weighted by molar-refractivity contribution is -0.0420. The van der Waals surface area contributed by atoms with Gasteiger partial charge in [-0.25, -0.2) is 9.18 Å². The summed E-state index contributed by atoms with van der Waals surface area (Å²) in [4.78, 5) is 16.2. The van der Waals surface area contributed by atoms with E-state index < -0.39 is 30.1 Å². The van der Waals surface area contributed by atoms with Gasteiger partial charge in [0.05, 0.1) is 24.6 Å². The van der Waals surface area contributed by atoms with Gasteiger partial charge in [0, 0.05) is 5.92 Å². The molecule has 1 saturated heterocycles. The molecule has 24 heavy (non-hydrogen) atoms. The zero-order valence-corrected chi connectivity index (χ0v) is 12.8. The third-order valence-corrected chi connectivity index (χ3v) is 4.41. The van der Waals surface area contributed by atoms with Gasteiger partial charge in [-0.05, 0) is 12.1 Å². The SMILES string of the molecule is CC1C(CO)OC(n2cc3c(nc2=O)Nc2ccccc2O3)C1F. The lowest BCUT2D eigenvalue weighted by Gasteiger charge is -2.23. The van der Waals surface area contributed by atoms with E-state index in [4.69, 9.17) is 9.47 Å². The Balaban J connectivity index is 1.72. The maximum absolute atomic E-state index is 14.5. The molecule has 0 spiro atoms. The number of benzene rings is 1. The highest BCUT2D eigenvalue weighted by atomic mass is 19.1. The molecule has 4 atom stereocenters. The molecule has 0 saturated carbocycles. The molecule has 0 aliphatic carbocycles. The van der Waals surface area contributed by atoms with E-state index in [0.29, 0.717) is 17.2 Å². The summed E-state index contributed by atoms with van der Waals surface area (Å²) in [6.45, 7) is 1.33. The van der Waals surface area contributed by atoms with Crippen molar-refractivity contribution in [3.05, 3.63) is 40.9 Å². The van der Waals surface area contributed by atoms with Crippen molar-refractivity contribution in [2.45, 2.75) is 25.4 Å². The van der Waals surface area contributed by atoms with Crippen LogP contribution in [0.2, 0.25) is 0 Å². The average molecular weight is 333 g/mol. The average Bonchev–Trinajstić information content (AvgIpc) is 2.87.